The van der Waals surface area contributed by atoms with E-state index in [4.69, 9.17) is 4.74 Å². The van der Waals surface area contributed by atoms with Crippen molar-refractivity contribution < 1.29 is 49.0 Å². The maximum Gasteiger partial charge on any atom is 0.422 e. The maximum atomic E-state index is 13.4. The SMILES string of the molecule is O=C1C(=Nc2ccc(C(F)(F)F)cc2)CC(c2cccc(OCC(F)(F)F)c2)N1c1ccc(C(F)(F)F)cc1. The Morgan fingerprint density at radius 3 is 1.90 bits per heavy atom. The van der Waals surface area contributed by atoms with Gasteiger partial charge < -0.3 is 4.74 Å². The summed E-state index contributed by atoms with van der Waals surface area (Å²) in [7, 11) is 0. The topological polar surface area (TPSA) is 41.9 Å². The van der Waals surface area contributed by atoms with Gasteiger partial charge in [0, 0.05) is 12.1 Å². The van der Waals surface area contributed by atoms with Crippen LogP contribution in [0.1, 0.15) is 29.2 Å². The summed E-state index contributed by atoms with van der Waals surface area (Å²) in [6.45, 7) is -1.57. The summed E-state index contributed by atoms with van der Waals surface area (Å²) in [5.74, 6) is -0.890. The molecule has 13 heteroatoms. The number of halogens is 9. The predicted molar refractivity (Wildman–Crippen MR) is 123 cm³/mol. The van der Waals surface area contributed by atoms with Crippen LogP contribution in [0.5, 0.6) is 5.75 Å². The van der Waals surface area contributed by atoms with Gasteiger partial charge in [-0.25, -0.2) is 4.99 Å². The molecule has 0 radical (unpaired) electrons. The van der Waals surface area contributed by atoms with Crippen LogP contribution in [0.4, 0.5) is 50.9 Å². The summed E-state index contributed by atoms with van der Waals surface area (Å²) in [6, 6.07) is 11.9. The van der Waals surface area contributed by atoms with Crippen LogP contribution >= 0.6 is 0 Å². The standard InChI is InChI=1S/C26H17F9N2O2/c27-24(28,29)14-39-20-3-1-2-15(12-20)22-13-21(36-18-8-4-16(5-9-18)25(30,31)32)23(38)37(22)19-10-6-17(7-11-19)26(33,34)35/h1-12,22H,13-14H2. The zero-order valence-corrected chi connectivity index (χ0v) is 19.5. The van der Waals surface area contributed by atoms with Crippen LogP contribution in [0.2, 0.25) is 0 Å². The molecule has 3 aromatic carbocycles. The van der Waals surface area contributed by atoms with Crippen molar-refractivity contribution in [2.24, 2.45) is 4.99 Å². The maximum absolute atomic E-state index is 13.4. The van der Waals surface area contributed by atoms with E-state index in [1.807, 2.05) is 0 Å². The zero-order valence-electron chi connectivity index (χ0n) is 19.5. The van der Waals surface area contributed by atoms with Crippen LogP contribution in [-0.2, 0) is 17.1 Å². The van der Waals surface area contributed by atoms with Gasteiger partial charge >= 0.3 is 18.5 Å². The average Bonchev–Trinajstić information content (AvgIpc) is 3.17. The second kappa shape index (κ2) is 10.3. The summed E-state index contributed by atoms with van der Waals surface area (Å²) < 4.78 is 120. The van der Waals surface area contributed by atoms with Gasteiger partial charge in [0.15, 0.2) is 6.61 Å². The van der Waals surface area contributed by atoms with Crippen LogP contribution in [0.3, 0.4) is 0 Å². The third-order valence-electron chi connectivity index (χ3n) is 5.74. The van der Waals surface area contributed by atoms with Gasteiger partial charge in [-0.15, -0.1) is 0 Å². The van der Waals surface area contributed by atoms with E-state index in [0.717, 1.165) is 53.4 Å². The molecule has 1 atom stereocenters. The number of carbonyl (C=O) groups is 1. The monoisotopic (exact) mass is 560 g/mol. The number of hydrogen-bond acceptors (Lipinski definition) is 3. The van der Waals surface area contributed by atoms with Crippen LogP contribution in [-0.4, -0.2) is 24.4 Å². The van der Waals surface area contributed by atoms with Crippen LogP contribution < -0.4 is 9.64 Å². The third-order valence-corrected chi connectivity index (χ3v) is 5.74. The highest BCUT2D eigenvalue weighted by Crippen LogP contribution is 2.39. The Morgan fingerprint density at radius 2 is 1.36 bits per heavy atom. The Hall–Kier alpha value is -4.03. The number of rotatable bonds is 5. The lowest BCUT2D eigenvalue weighted by atomic mass is 10.0. The van der Waals surface area contributed by atoms with E-state index < -0.39 is 48.2 Å². The molecule has 1 fully saturated rings. The average molecular weight is 560 g/mol. The molecular formula is C26H17F9N2O2. The van der Waals surface area contributed by atoms with Crippen LogP contribution in [0.15, 0.2) is 77.8 Å². The Kier molecular flexibility index (Phi) is 7.37. The lowest BCUT2D eigenvalue weighted by Gasteiger charge is -2.25. The molecule has 39 heavy (non-hydrogen) atoms. The number of anilines is 1. The fourth-order valence-corrected chi connectivity index (χ4v) is 3.97. The summed E-state index contributed by atoms with van der Waals surface area (Å²) in [5, 5.41) is 0. The highest BCUT2D eigenvalue weighted by Gasteiger charge is 2.40. The van der Waals surface area contributed by atoms with E-state index in [1.165, 1.54) is 24.3 Å². The minimum Gasteiger partial charge on any atom is -0.484 e. The lowest BCUT2D eigenvalue weighted by Crippen LogP contribution is -2.29. The molecule has 0 bridgehead atoms. The summed E-state index contributed by atoms with van der Waals surface area (Å²) >= 11 is 0. The van der Waals surface area contributed by atoms with E-state index in [1.54, 1.807) is 0 Å². The Labute approximate surface area is 215 Å². The molecule has 4 nitrogen and oxygen atoms in total. The van der Waals surface area contributed by atoms with E-state index in [0.29, 0.717) is 5.56 Å². The zero-order chi connectivity index (χ0) is 28.6. The molecule has 4 rings (SSSR count). The first-order valence-corrected chi connectivity index (χ1v) is 11.2. The number of hydrogen-bond donors (Lipinski definition) is 0. The lowest BCUT2D eigenvalue weighted by molar-refractivity contribution is -0.153. The van der Waals surface area contributed by atoms with Crippen LogP contribution in [0, 0.1) is 0 Å². The van der Waals surface area contributed by atoms with Crippen molar-refractivity contribution >= 4 is 23.0 Å². The van der Waals surface area contributed by atoms with Crippen molar-refractivity contribution in [1.29, 1.82) is 0 Å². The second-order valence-corrected chi connectivity index (χ2v) is 8.52. The number of ether oxygens (including phenoxy) is 1. The second-order valence-electron chi connectivity index (χ2n) is 8.52. The fourth-order valence-electron chi connectivity index (χ4n) is 3.97. The molecule has 0 spiro atoms. The first-order valence-electron chi connectivity index (χ1n) is 11.2. The molecule has 206 valence electrons. The molecule has 0 N–H and O–H groups in total. The van der Waals surface area contributed by atoms with Crippen molar-refractivity contribution in [2.45, 2.75) is 31.0 Å². The molecule has 0 aromatic heterocycles. The van der Waals surface area contributed by atoms with Crippen molar-refractivity contribution in [3.63, 3.8) is 0 Å². The molecule has 0 aliphatic carbocycles. The number of amides is 1. The smallest absolute Gasteiger partial charge is 0.422 e. The van der Waals surface area contributed by atoms with Gasteiger partial charge in [0.1, 0.15) is 11.5 Å². The molecule has 1 unspecified atom stereocenters. The molecule has 1 heterocycles. The van der Waals surface area contributed by atoms with Crippen molar-refractivity contribution in [1.82, 2.24) is 0 Å². The Bertz CT molecular complexity index is 1360. The molecule has 3 aromatic rings. The van der Waals surface area contributed by atoms with E-state index in [-0.39, 0.29) is 29.3 Å². The van der Waals surface area contributed by atoms with Gasteiger partial charge in [0.2, 0.25) is 0 Å². The van der Waals surface area contributed by atoms with Gasteiger partial charge in [-0.1, -0.05) is 12.1 Å². The first kappa shape index (κ1) is 28.0. The molecule has 1 aliphatic heterocycles. The minimum atomic E-state index is -4.63. The molecular weight excluding hydrogens is 543 g/mol. The van der Waals surface area contributed by atoms with E-state index in [2.05, 4.69) is 4.99 Å². The largest absolute Gasteiger partial charge is 0.484 e. The number of benzene rings is 3. The van der Waals surface area contributed by atoms with Crippen LogP contribution in [0.25, 0.3) is 0 Å². The number of aliphatic imine (C=N–C) groups is 1. The molecule has 0 saturated carbocycles. The van der Waals surface area contributed by atoms with Gasteiger partial charge in [-0.2, -0.15) is 39.5 Å². The molecule has 1 saturated heterocycles. The summed E-state index contributed by atoms with van der Waals surface area (Å²) in [5.41, 5.74) is -1.61. The Morgan fingerprint density at radius 1 is 0.795 bits per heavy atom. The first-order chi connectivity index (χ1) is 18.1. The van der Waals surface area contributed by atoms with Crippen molar-refractivity contribution in [2.75, 3.05) is 11.5 Å². The number of nitrogens with zero attached hydrogens (tertiary/aromatic N) is 2. The predicted octanol–water partition coefficient (Wildman–Crippen LogP) is 7.92. The van der Waals surface area contributed by atoms with Gasteiger partial charge in [-0.05, 0) is 66.2 Å². The Balaban J connectivity index is 1.71. The highest BCUT2D eigenvalue weighted by atomic mass is 19.4. The fraction of sp³-hybridized carbons (Fsp3) is 0.231. The van der Waals surface area contributed by atoms with E-state index >= 15 is 0 Å². The minimum absolute atomic E-state index is 0.0293. The highest BCUT2D eigenvalue weighted by molar-refractivity contribution is 6.46. The third kappa shape index (κ3) is 6.70. The molecule has 1 amide bonds. The summed E-state index contributed by atoms with van der Waals surface area (Å²) in [6.07, 6.45) is -14.0. The van der Waals surface area contributed by atoms with Gasteiger partial charge in [0.05, 0.1) is 22.9 Å². The summed E-state index contributed by atoms with van der Waals surface area (Å²) in [4.78, 5) is 18.6. The van der Waals surface area contributed by atoms with Gasteiger partial charge in [-0.3, -0.25) is 9.69 Å². The van der Waals surface area contributed by atoms with Gasteiger partial charge in [0.25, 0.3) is 5.91 Å². The quantitative estimate of drug-likeness (QED) is 0.298. The number of alkyl halides is 9. The number of carbonyl (C=O) groups excluding carboxylic acids is 1. The van der Waals surface area contributed by atoms with Crippen molar-refractivity contribution in [3.05, 3.63) is 89.5 Å². The van der Waals surface area contributed by atoms with Crippen molar-refractivity contribution in [3.8, 4) is 5.75 Å². The van der Waals surface area contributed by atoms with E-state index in [9.17, 15) is 44.3 Å². The molecule has 1 aliphatic rings. The normalized spacial score (nSPS) is 17.7.